The van der Waals surface area contributed by atoms with E-state index in [4.69, 9.17) is 0 Å². The minimum Gasteiger partial charge on any atom is -0.347 e. The fraction of sp³-hybridized carbons (Fsp3) is 0.368. The van der Waals surface area contributed by atoms with Crippen LogP contribution >= 0.6 is 0 Å². The van der Waals surface area contributed by atoms with Gasteiger partial charge in [0.2, 0.25) is 16.0 Å². The van der Waals surface area contributed by atoms with Crippen LogP contribution in [0.2, 0.25) is 0 Å². The Hall–Kier alpha value is -2.45. The fourth-order valence-electron chi connectivity index (χ4n) is 3.10. The van der Waals surface area contributed by atoms with Gasteiger partial charge in [-0.1, -0.05) is 51.1 Å². The Bertz CT molecular complexity index is 997. The van der Waals surface area contributed by atoms with Crippen molar-refractivity contribution in [2.24, 2.45) is 0 Å². The molecule has 1 atom stereocenters. The van der Waals surface area contributed by atoms with Gasteiger partial charge in [0.25, 0.3) is 0 Å². The Morgan fingerprint density at radius 1 is 1.04 bits per heavy atom. The molecule has 0 aliphatic heterocycles. The summed E-state index contributed by atoms with van der Waals surface area (Å²) in [5, 5.41) is 11.7. The molecule has 27 heavy (non-hydrogen) atoms. The third kappa shape index (κ3) is 3.81. The first kappa shape index (κ1) is 19.3. The molecule has 0 spiro atoms. The van der Waals surface area contributed by atoms with Crippen molar-refractivity contribution >= 4 is 21.6 Å². The molecule has 8 heteroatoms. The summed E-state index contributed by atoms with van der Waals surface area (Å²) in [5.41, 5.74) is 1.74. The lowest BCUT2D eigenvalue weighted by molar-refractivity contribution is 0.445. The first-order valence-corrected chi connectivity index (χ1v) is 10.6. The first-order chi connectivity index (χ1) is 13.0. The highest BCUT2D eigenvalue weighted by Gasteiger charge is 2.23. The van der Waals surface area contributed by atoms with Crippen molar-refractivity contribution in [3.05, 3.63) is 54.2 Å². The van der Waals surface area contributed by atoms with Crippen LogP contribution in [0.15, 0.2) is 53.6 Å². The summed E-state index contributed by atoms with van der Waals surface area (Å²) < 4.78 is 28.8. The Balaban J connectivity index is 1.98. The van der Waals surface area contributed by atoms with Crippen molar-refractivity contribution in [3.63, 3.8) is 0 Å². The average Bonchev–Trinajstić information content (AvgIpc) is 3.09. The lowest BCUT2D eigenvalue weighted by Crippen LogP contribution is -2.30. The van der Waals surface area contributed by atoms with Crippen molar-refractivity contribution in [1.82, 2.24) is 18.9 Å². The third-order valence-corrected chi connectivity index (χ3v) is 6.67. The van der Waals surface area contributed by atoms with Crippen LogP contribution in [0.25, 0.3) is 5.65 Å². The molecule has 3 rings (SSSR count). The van der Waals surface area contributed by atoms with E-state index in [1.807, 2.05) is 32.0 Å². The molecule has 3 aromatic rings. The Morgan fingerprint density at radius 3 is 2.37 bits per heavy atom. The minimum absolute atomic E-state index is 0.0571. The average molecular weight is 388 g/mol. The lowest BCUT2D eigenvalue weighted by atomic mass is 10.1. The van der Waals surface area contributed by atoms with E-state index in [0.717, 1.165) is 12.0 Å². The van der Waals surface area contributed by atoms with Crippen LogP contribution in [0.4, 0.5) is 5.95 Å². The highest BCUT2D eigenvalue weighted by Crippen LogP contribution is 2.23. The van der Waals surface area contributed by atoms with Gasteiger partial charge in [-0.15, -0.1) is 10.2 Å². The number of anilines is 1. The van der Waals surface area contributed by atoms with E-state index in [1.165, 1.54) is 4.31 Å². The van der Waals surface area contributed by atoms with Crippen LogP contribution in [-0.4, -0.2) is 40.4 Å². The molecule has 2 aromatic heterocycles. The Kier molecular flexibility index (Phi) is 5.76. The third-order valence-electron chi connectivity index (χ3n) is 4.63. The van der Waals surface area contributed by atoms with E-state index >= 15 is 0 Å². The molecule has 1 unspecified atom stereocenters. The summed E-state index contributed by atoms with van der Waals surface area (Å²) in [6, 6.07) is 13.4. The zero-order valence-corrected chi connectivity index (χ0v) is 16.6. The predicted octanol–water partition coefficient (Wildman–Crippen LogP) is 3.32. The number of nitrogens with zero attached hydrogens (tertiary/aromatic N) is 4. The lowest BCUT2D eigenvalue weighted by Gasteiger charge is -2.19. The standard InChI is InChI=1S/C19H25N5O2S/c1-4-17(15-10-8-7-9-11-15)20-19-22-21-18-13-12-16(14-24(18)19)27(25,26)23(5-2)6-3/h7-14,17H,4-6H2,1-3H3,(H,20,22). The number of benzene rings is 1. The molecule has 0 saturated carbocycles. The van der Waals surface area contributed by atoms with Gasteiger partial charge in [-0.3, -0.25) is 4.40 Å². The number of fused-ring (bicyclic) bond motifs is 1. The zero-order chi connectivity index (χ0) is 19.4. The maximum atomic E-state index is 12.8. The molecule has 1 aromatic carbocycles. The van der Waals surface area contributed by atoms with Gasteiger partial charge in [-0.25, -0.2) is 8.42 Å². The summed E-state index contributed by atoms with van der Waals surface area (Å²) in [6.07, 6.45) is 2.44. The van der Waals surface area contributed by atoms with E-state index in [2.05, 4.69) is 34.6 Å². The summed E-state index contributed by atoms with van der Waals surface area (Å²) in [4.78, 5) is 0.231. The number of aromatic nitrogens is 3. The number of rotatable bonds is 8. The first-order valence-electron chi connectivity index (χ1n) is 9.17. The van der Waals surface area contributed by atoms with Gasteiger partial charge in [-0.05, 0) is 24.1 Å². The number of hydrogen-bond acceptors (Lipinski definition) is 5. The van der Waals surface area contributed by atoms with Crippen molar-refractivity contribution in [1.29, 1.82) is 0 Å². The fourth-order valence-corrected chi connectivity index (χ4v) is 4.55. The van der Waals surface area contributed by atoms with Gasteiger partial charge in [0, 0.05) is 19.3 Å². The number of nitrogens with one attached hydrogen (secondary N) is 1. The monoisotopic (exact) mass is 387 g/mol. The van der Waals surface area contributed by atoms with Crippen LogP contribution < -0.4 is 5.32 Å². The largest absolute Gasteiger partial charge is 0.347 e. The van der Waals surface area contributed by atoms with Crippen molar-refractivity contribution < 1.29 is 8.42 Å². The van der Waals surface area contributed by atoms with Crippen molar-refractivity contribution in [2.45, 2.75) is 38.1 Å². The highest BCUT2D eigenvalue weighted by atomic mass is 32.2. The van der Waals surface area contributed by atoms with E-state index in [0.29, 0.717) is 24.7 Å². The van der Waals surface area contributed by atoms with Crippen molar-refractivity contribution in [3.8, 4) is 0 Å². The zero-order valence-electron chi connectivity index (χ0n) is 15.8. The highest BCUT2D eigenvalue weighted by molar-refractivity contribution is 7.89. The Labute approximate surface area is 160 Å². The van der Waals surface area contributed by atoms with E-state index in [1.54, 1.807) is 22.7 Å². The minimum atomic E-state index is -3.54. The van der Waals surface area contributed by atoms with Gasteiger partial charge in [0.15, 0.2) is 5.65 Å². The van der Waals surface area contributed by atoms with Gasteiger partial charge >= 0.3 is 0 Å². The molecule has 0 amide bonds. The molecule has 0 bridgehead atoms. The van der Waals surface area contributed by atoms with Crippen LogP contribution in [0.3, 0.4) is 0 Å². The second kappa shape index (κ2) is 8.06. The summed E-state index contributed by atoms with van der Waals surface area (Å²) >= 11 is 0. The maximum Gasteiger partial charge on any atom is 0.244 e. The molecule has 0 saturated heterocycles. The summed E-state index contributed by atoms with van der Waals surface area (Å²) in [6.45, 7) is 6.60. The SMILES string of the molecule is CCC(Nc1nnc2ccc(S(=O)(=O)N(CC)CC)cn12)c1ccccc1. The van der Waals surface area contributed by atoms with E-state index in [9.17, 15) is 8.42 Å². The topological polar surface area (TPSA) is 79.6 Å². The predicted molar refractivity (Wildman–Crippen MR) is 106 cm³/mol. The van der Waals surface area contributed by atoms with Gasteiger partial charge in [0.1, 0.15) is 0 Å². The second-order valence-electron chi connectivity index (χ2n) is 6.22. The van der Waals surface area contributed by atoms with Gasteiger partial charge in [-0.2, -0.15) is 4.31 Å². The number of sulfonamides is 1. The smallest absolute Gasteiger partial charge is 0.244 e. The quantitative estimate of drug-likeness (QED) is 0.641. The van der Waals surface area contributed by atoms with Crippen LogP contribution in [0, 0.1) is 0 Å². The molecule has 0 aliphatic rings. The molecule has 7 nitrogen and oxygen atoms in total. The molecule has 0 aliphatic carbocycles. The van der Waals surface area contributed by atoms with Crippen molar-refractivity contribution in [2.75, 3.05) is 18.4 Å². The molecule has 144 valence electrons. The van der Waals surface area contributed by atoms with Crippen LogP contribution in [0.1, 0.15) is 38.8 Å². The van der Waals surface area contributed by atoms with E-state index in [-0.39, 0.29) is 10.9 Å². The molecular weight excluding hydrogens is 362 g/mol. The normalized spacial score (nSPS) is 13.2. The van der Waals surface area contributed by atoms with Crippen LogP contribution in [0.5, 0.6) is 0 Å². The van der Waals surface area contributed by atoms with Crippen LogP contribution in [-0.2, 0) is 10.0 Å². The molecule has 0 radical (unpaired) electrons. The Morgan fingerprint density at radius 2 is 1.74 bits per heavy atom. The summed E-state index contributed by atoms with van der Waals surface area (Å²) in [7, 11) is -3.54. The van der Waals surface area contributed by atoms with Gasteiger partial charge in [0.05, 0.1) is 10.9 Å². The van der Waals surface area contributed by atoms with Gasteiger partial charge < -0.3 is 5.32 Å². The molecule has 0 fully saturated rings. The second-order valence-corrected chi connectivity index (χ2v) is 8.16. The van der Waals surface area contributed by atoms with E-state index < -0.39 is 10.0 Å². The maximum absolute atomic E-state index is 12.8. The molecule has 1 N–H and O–H groups in total. The number of hydrogen-bond donors (Lipinski definition) is 1. The summed E-state index contributed by atoms with van der Waals surface area (Å²) in [5.74, 6) is 0.525. The molecular formula is C19H25N5O2S. The molecule has 2 heterocycles. The number of pyridine rings is 1.